The Morgan fingerprint density at radius 2 is 1.90 bits per heavy atom. The van der Waals surface area contributed by atoms with Gasteiger partial charge in [-0.25, -0.2) is 0 Å². The second kappa shape index (κ2) is 6.46. The molecule has 1 heterocycles. The van der Waals surface area contributed by atoms with E-state index in [4.69, 9.17) is 9.47 Å². The van der Waals surface area contributed by atoms with Gasteiger partial charge in [-0.05, 0) is 44.0 Å². The van der Waals surface area contributed by atoms with Gasteiger partial charge in [-0.15, -0.1) is 0 Å². The molecule has 20 heavy (non-hydrogen) atoms. The largest absolute Gasteiger partial charge is 0.496 e. The zero-order valence-corrected chi connectivity index (χ0v) is 12.8. The van der Waals surface area contributed by atoms with Crippen molar-refractivity contribution in [3.8, 4) is 11.5 Å². The Labute approximate surface area is 121 Å². The van der Waals surface area contributed by atoms with E-state index < -0.39 is 0 Å². The van der Waals surface area contributed by atoms with Crippen LogP contribution >= 0.6 is 0 Å². The lowest BCUT2D eigenvalue weighted by atomic mass is 9.84. The molecule has 112 valence electrons. The monoisotopic (exact) mass is 279 g/mol. The number of hydrogen-bond acceptors (Lipinski definition) is 4. The van der Waals surface area contributed by atoms with Crippen molar-refractivity contribution in [2.45, 2.75) is 19.3 Å². The summed E-state index contributed by atoms with van der Waals surface area (Å²) in [4.78, 5) is 2.28. The zero-order chi connectivity index (χ0) is 14.7. The molecule has 0 aromatic heterocycles. The van der Waals surface area contributed by atoms with Crippen LogP contribution in [0.4, 0.5) is 0 Å². The summed E-state index contributed by atoms with van der Waals surface area (Å²) in [6, 6.07) is 4.13. The van der Waals surface area contributed by atoms with Gasteiger partial charge in [0, 0.05) is 31.2 Å². The first-order chi connectivity index (χ1) is 9.58. The van der Waals surface area contributed by atoms with Gasteiger partial charge in [0.2, 0.25) is 0 Å². The van der Waals surface area contributed by atoms with Crippen LogP contribution < -0.4 is 9.47 Å². The number of nitrogens with zero attached hydrogens (tertiary/aromatic N) is 1. The Balaban J connectivity index is 2.34. The van der Waals surface area contributed by atoms with Gasteiger partial charge in [-0.3, -0.25) is 0 Å². The average molecular weight is 279 g/mol. The zero-order valence-electron chi connectivity index (χ0n) is 12.8. The molecule has 2 unspecified atom stereocenters. The molecular formula is C16H25NO3. The number of likely N-dealkylation sites (N-methyl/N-ethyl adjacent to an activating group) is 1. The van der Waals surface area contributed by atoms with Crippen molar-refractivity contribution in [1.29, 1.82) is 0 Å². The first-order valence-corrected chi connectivity index (χ1v) is 7.11. The average Bonchev–Trinajstić information content (AvgIpc) is 2.46. The highest BCUT2D eigenvalue weighted by Crippen LogP contribution is 2.38. The molecule has 1 N–H and O–H groups in total. The Morgan fingerprint density at radius 3 is 2.50 bits per heavy atom. The molecule has 0 saturated carbocycles. The van der Waals surface area contributed by atoms with E-state index in [1.54, 1.807) is 14.2 Å². The summed E-state index contributed by atoms with van der Waals surface area (Å²) in [5.74, 6) is 2.51. The summed E-state index contributed by atoms with van der Waals surface area (Å²) in [6.07, 6.45) is 0.989. The second-order valence-electron chi connectivity index (χ2n) is 5.77. The molecule has 1 aromatic rings. The van der Waals surface area contributed by atoms with Crippen LogP contribution in [-0.2, 0) is 0 Å². The van der Waals surface area contributed by atoms with Gasteiger partial charge in [-0.1, -0.05) is 0 Å². The Hall–Kier alpha value is -1.26. The highest BCUT2D eigenvalue weighted by Gasteiger charge is 2.28. The van der Waals surface area contributed by atoms with Crippen molar-refractivity contribution < 1.29 is 14.6 Å². The third kappa shape index (κ3) is 3.07. The van der Waals surface area contributed by atoms with Crippen molar-refractivity contribution in [2.75, 3.05) is 41.0 Å². The predicted molar refractivity (Wildman–Crippen MR) is 79.7 cm³/mol. The number of piperidine rings is 1. The molecule has 0 amide bonds. The fourth-order valence-electron chi connectivity index (χ4n) is 3.19. The molecule has 1 aromatic carbocycles. The van der Waals surface area contributed by atoms with Gasteiger partial charge in [0.25, 0.3) is 0 Å². The summed E-state index contributed by atoms with van der Waals surface area (Å²) < 4.78 is 11.0. The van der Waals surface area contributed by atoms with Crippen LogP contribution in [0.25, 0.3) is 0 Å². The second-order valence-corrected chi connectivity index (χ2v) is 5.77. The maximum absolute atomic E-state index is 9.46. The molecule has 1 saturated heterocycles. The lowest BCUT2D eigenvalue weighted by Gasteiger charge is -2.35. The highest BCUT2D eigenvalue weighted by molar-refractivity contribution is 5.47. The number of likely N-dealkylation sites (tertiary alicyclic amines) is 1. The Morgan fingerprint density at radius 1 is 1.20 bits per heavy atom. The Bertz CT molecular complexity index is 461. The number of aliphatic hydroxyl groups excluding tert-OH is 1. The van der Waals surface area contributed by atoms with Crippen LogP contribution in [0.3, 0.4) is 0 Å². The van der Waals surface area contributed by atoms with Crippen LogP contribution in [0.15, 0.2) is 12.1 Å². The molecule has 0 bridgehead atoms. The minimum absolute atomic E-state index is 0.242. The number of hydrogen-bond donors (Lipinski definition) is 1. The van der Waals surface area contributed by atoms with Crippen LogP contribution in [-0.4, -0.2) is 51.0 Å². The number of methoxy groups -OCH3 is 2. The molecule has 0 spiro atoms. The molecular weight excluding hydrogens is 254 g/mol. The van der Waals surface area contributed by atoms with E-state index in [9.17, 15) is 5.11 Å². The summed E-state index contributed by atoms with van der Waals surface area (Å²) >= 11 is 0. The van der Waals surface area contributed by atoms with Gasteiger partial charge in [0.05, 0.1) is 14.2 Å². The van der Waals surface area contributed by atoms with Crippen LogP contribution in [0.2, 0.25) is 0 Å². The summed E-state index contributed by atoms with van der Waals surface area (Å²) in [7, 11) is 5.51. The fraction of sp³-hybridized carbons (Fsp3) is 0.625. The standard InChI is InChI=1S/C16H25NO3/c1-11-5-16(20-4)14(7-15(11)19-3)13-6-12(10-18)8-17(2)9-13/h5,7,12-13,18H,6,8-10H2,1-4H3. The normalized spacial score (nSPS) is 23.6. The molecule has 4 heteroatoms. The van der Waals surface area contributed by atoms with Crippen LogP contribution in [0.1, 0.15) is 23.5 Å². The lowest BCUT2D eigenvalue weighted by molar-refractivity contribution is 0.124. The van der Waals surface area contributed by atoms with E-state index in [0.29, 0.717) is 11.8 Å². The SMILES string of the molecule is COc1cc(C2CC(CO)CN(C)C2)c(OC)cc1C. The number of benzene rings is 1. The molecule has 0 radical (unpaired) electrons. The van der Waals surface area contributed by atoms with E-state index in [1.165, 1.54) is 5.56 Å². The third-order valence-corrected chi connectivity index (χ3v) is 4.17. The molecule has 4 nitrogen and oxygen atoms in total. The maximum Gasteiger partial charge on any atom is 0.122 e. The van der Waals surface area contributed by atoms with Gasteiger partial charge in [0.1, 0.15) is 11.5 Å². The number of aryl methyl sites for hydroxylation is 1. The van der Waals surface area contributed by atoms with E-state index in [2.05, 4.69) is 18.0 Å². The first kappa shape index (κ1) is 15.1. The van der Waals surface area contributed by atoms with E-state index >= 15 is 0 Å². The molecule has 2 rings (SSSR count). The lowest BCUT2D eigenvalue weighted by Crippen LogP contribution is -2.38. The van der Waals surface area contributed by atoms with E-state index in [1.807, 2.05) is 13.0 Å². The maximum atomic E-state index is 9.46. The summed E-state index contributed by atoms with van der Waals surface area (Å²) in [5.41, 5.74) is 2.26. The van der Waals surface area contributed by atoms with Crippen molar-refractivity contribution in [2.24, 2.45) is 5.92 Å². The number of rotatable bonds is 4. The fourth-order valence-corrected chi connectivity index (χ4v) is 3.19. The summed E-state index contributed by atoms with van der Waals surface area (Å²) in [6.45, 7) is 4.21. The molecule has 1 aliphatic rings. The molecule has 1 aliphatic heterocycles. The van der Waals surface area contributed by atoms with Crippen molar-refractivity contribution >= 4 is 0 Å². The molecule has 1 fully saturated rings. The van der Waals surface area contributed by atoms with Gasteiger partial charge in [-0.2, -0.15) is 0 Å². The topological polar surface area (TPSA) is 41.9 Å². The van der Waals surface area contributed by atoms with Gasteiger partial charge < -0.3 is 19.5 Å². The van der Waals surface area contributed by atoms with Crippen molar-refractivity contribution in [3.63, 3.8) is 0 Å². The quantitative estimate of drug-likeness (QED) is 0.916. The van der Waals surface area contributed by atoms with Crippen molar-refractivity contribution in [3.05, 3.63) is 23.3 Å². The number of aliphatic hydroxyl groups is 1. The highest BCUT2D eigenvalue weighted by atomic mass is 16.5. The van der Waals surface area contributed by atoms with Crippen LogP contribution in [0, 0.1) is 12.8 Å². The third-order valence-electron chi connectivity index (χ3n) is 4.17. The molecule has 2 atom stereocenters. The van der Waals surface area contributed by atoms with E-state index in [0.717, 1.165) is 36.6 Å². The first-order valence-electron chi connectivity index (χ1n) is 7.11. The van der Waals surface area contributed by atoms with Gasteiger partial charge in [0.15, 0.2) is 0 Å². The minimum Gasteiger partial charge on any atom is -0.496 e. The smallest absolute Gasteiger partial charge is 0.122 e. The van der Waals surface area contributed by atoms with Crippen molar-refractivity contribution in [1.82, 2.24) is 4.90 Å². The minimum atomic E-state index is 0.242. The summed E-state index contributed by atoms with van der Waals surface area (Å²) in [5, 5.41) is 9.46. The molecule has 0 aliphatic carbocycles. The van der Waals surface area contributed by atoms with E-state index in [-0.39, 0.29) is 6.61 Å². The predicted octanol–water partition coefficient (Wildman–Crippen LogP) is 2.04. The van der Waals surface area contributed by atoms with Gasteiger partial charge >= 0.3 is 0 Å². The Kier molecular flexibility index (Phi) is 4.89. The number of ether oxygens (including phenoxy) is 2. The van der Waals surface area contributed by atoms with Crippen LogP contribution in [0.5, 0.6) is 11.5 Å².